The lowest BCUT2D eigenvalue weighted by atomic mass is 9.94. The third-order valence-corrected chi connectivity index (χ3v) is 2.10. The van der Waals surface area contributed by atoms with Gasteiger partial charge in [-0.3, -0.25) is 5.26 Å². The average molecular weight is 162 g/mol. The van der Waals surface area contributed by atoms with Crippen LogP contribution in [0.15, 0.2) is 0 Å². The molecule has 0 amide bonds. The predicted octanol–water partition coefficient (Wildman–Crippen LogP) is 1.54. The Kier molecular flexibility index (Phi) is 2.77. The van der Waals surface area contributed by atoms with Crippen LogP contribution in [0.25, 0.3) is 0 Å². The topological polar surface area (TPSA) is 38.7 Å². The average Bonchev–Trinajstić information content (AvgIpc) is 2.32. The molecule has 11 heavy (non-hydrogen) atoms. The van der Waals surface area contributed by atoms with Crippen molar-refractivity contribution >= 4 is 0 Å². The van der Waals surface area contributed by atoms with E-state index in [-0.39, 0.29) is 18.6 Å². The summed E-state index contributed by atoms with van der Waals surface area (Å²) in [5.41, 5.74) is 0. The van der Waals surface area contributed by atoms with Crippen molar-refractivity contribution in [1.29, 1.82) is 0 Å². The van der Waals surface area contributed by atoms with E-state index in [0.29, 0.717) is 5.92 Å². The van der Waals surface area contributed by atoms with Gasteiger partial charge in [0.05, 0.1) is 14.1 Å². The maximum absolute atomic E-state index is 8.20. The molecular formula is C8H16O3. The summed E-state index contributed by atoms with van der Waals surface area (Å²) in [4.78, 5) is 3.99. The Balaban J connectivity index is 2.39. The fourth-order valence-corrected chi connectivity index (χ4v) is 1.25. The van der Waals surface area contributed by atoms with Crippen molar-refractivity contribution in [2.24, 2.45) is 11.8 Å². The lowest BCUT2D eigenvalue weighted by Gasteiger charge is -2.10. The highest BCUT2D eigenvalue weighted by molar-refractivity contribution is 4.74. The van der Waals surface area contributed by atoms with Crippen molar-refractivity contribution in [2.75, 3.05) is 13.2 Å². The first-order valence-corrected chi connectivity index (χ1v) is 3.99. The predicted molar refractivity (Wildman–Crippen MR) is 41.3 cm³/mol. The lowest BCUT2D eigenvalue weighted by Crippen LogP contribution is -2.13. The van der Waals surface area contributed by atoms with E-state index in [1.807, 2.05) is 0 Å². The van der Waals surface area contributed by atoms with Crippen molar-refractivity contribution in [2.45, 2.75) is 26.4 Å². The fraction of sp³-hybridized carbons (Fsp3) is 1.00. The molecule has 3 atom stereocenters. The molecule has 0 bridgehead atoms. The fourth-order valence-electron chi connectivity index (χ4n) is 1.25. The van der Waals surface area contributed by atoms with Gasteiger partial charge in [-0.2, -0.15) is 0 Å². The molecule has 3 heteroatoms. The van der Waals surface area contributed by atoms with E-state index in [1.54, 1.807) is 0 Å². The molecule has 1 fully saturated rings. The van der Waals surface area contributed by atoms with Crippen LogP contribution in [-0.2, 0) is 9.62 Å². The molecule has 0 aliphatic carbocycles. The normalized spacial score (nSPS) is 39.6. The van der Waals surface area contributed by atoms with Crippen LogP contribution < -0.4 is 0 Å². The second kappa shape index (κ2) is 4.04. The summed E-state index contributed by atoms with van der Waals surface area (Å²) in [6.07, 6.45) is 0.705. The third kappa shape index (κ3) is 2.43. The van der Waals surface area contributed by atoms with Gasteiger partial charge < -0.3 is 4.74 Å². The zero-order valence-electron chi connectivity index (χ0n) is 7.99. The molecule has 1 saturated heterocycles. The molecule has 0 aromatic rings. The Morgan fingerprint density at radius 2 is 2.55 bits per heavy atom. The van der Waals surface area contributed by atoms with Gasteiger partial charge in [0.2, 0.25) is 0 Å². The second-order valence-electron chi connectivity index (χ2n) is 3.33. The molecule has 0 saturated carbocycles. The highest BCUT2D eigenvalue weighted by Gasteiger charge is 2.27. The lowest BCUT2D eigenvalue weighted by molar-refractivity contribution is -0.257. The zero-order valence-corrected chi connectivity index (χ0v) is 6.99. The van der Waals surface area contributed by atoms with Crippen LogP contribution in [0.5, 0.6) is 0 Å². The van der Waals surface area contributed by atoms with E-state index < -0.39 is 6.58 Å². The summed E-state index contributed by atoms with van der Waals surface area (Å²) < 4.78 is 12.8. The Hall–Kier alpha value is -0.120. The van der Waals surface area contributed by atoms with Gasteiger partial charge in [0, 0.05) is 0 Å². The van der Waals surface area contributed by atoms with E-state index in [4.69, 9.17) is 11.4 Å². The van der Waals surface area contributed by atoms with Crippen LogP contribution in [-0.4, -0.2) is 24.6 Å². The second-order valence-corrected chi connectivity index (χ2v) is 3.33. The van der Waals surface area contributed by atoms with E-state index in [9.17, 15) is 0 Å². The summed E-state index contributed by atoms with van der Waals surface area (Å²) in [5, 5.41) is 8.20. The minimum atomic E-state index is -0.454. The molecule has 1 heterocycles. The van der Waals surface area contributed by atoms with Crippen molar-refractivity contribution in [1.82, 2.24) is 0 Å². The zero-order chi connectivity index (χ0) is 9.14. The molecule has 0 spiro atoms. The SMILES string of the molecule is [3H][C@@H]1O[C@H](COO)C[C@@H]1C(C)C. The van der Waals surface area contributed by atoms with Crippen molar-refractivity contribution in [3.8, 4) is 0 Å². The van der Waals surface area contributed by atoms with Crippen molar-refractivity contribution in [3.63, 3.8) is 0 Å². The summed E-state index contributed by atoms with van der Waals surface area (Å²) in [5.74, 6) is 0.723. The van der Waals surface area contributed by atoms with Gasteiger partial charge in [-0.05, 0) is 18.3 Å². The van der Waals surface area contributed by atoms with Crippen LogP contribution in [0.2, 0.25) is 0 Å². The summed E-state index contributed by atoms with van der Waals surface area (Å²) in [6, 6.07) is 0. The van der Waals surface area contributed by atoms with Gasteiger partial charge in [0.1, 0.15) is 6.61 Å². The van der Waals surface area contributed by atoms with Gasteiger partial charge >= 0.3 is 0 Å². The first-order valence-electron chi connectivity index (χ1n) is 4.57. The molecular weight excluding hydrogens is 144 g/mol. The van der Waals surface area contributed by atoms with Crippen LogP contribution in [0.1, 0.15) is 21.6 Å². The van der Waals surface area contributed by atoms with Crippen LogP contribution in [0.3, 0.4) is 0 Å². The molecule has 0 aromatic carbocycles. The molecule has 1 aliphatic rings. The van der Waals surface area contributed by atoms with Crippen molar-refractivity contribution < 1.29 is 16.3 Å². The standard InChI is InChI=1S/C8H16O3/c1-6(2)7-3-8(5-11-9)10-4-7/h6-9H,3-5H2,1-2H3/t7-,8-/m0/s1/i4T/t4-,7-,8-. The van der Waals surface area contributed by atoms with Crippen LogP contribution in [0, 0.1) is 11.8 Å². The van der Waals surface area contributed by atoms with Gasteiger partial charge in [-0.1, -0.05) is 13.8 Å². The Morgan fingerprint density at radius 3 is 3.00 bits per heavy atom. The van der Waals surface area contributed by atoms with Crippen molar-refractivity contribution in [3.05, 3.63) is 0 Å². The van der Waals surface area contributed by atoms with Crippen LogP contribution in [0.4, 0.5) is 0 Å². The van der Waals surface area contributed by atoms with Gasteiger partial charge in [-0.25, -0.2) is 4.89 Å². The monoisotopic (exact) mass is 162 g/mol. The Morgan fingerprint density at radius 1 is 1.82 bits per heavy atom. The van der Waals surface area contributed by atoms with E-state index in [1.165, 1.54) is 0 Å². The highest BCUT2D eigenvalue weighted by Crippen LogP contribution is 2.25. The Labute approximate surface area is 68.6 Å². The number of rotatable bonds is 3. The minimum absolute atomic E-state index is 0.107. The maximum atomic E-state index is 8.20. The molecule has 1 N–H and O–H groups in total. The molecule has 1 aliphatic heterocycles. The molecule has 3 nitrogen and oxygen atoms in total. The quantitative estimate of drug-likeness (QED) is 0.505. The van der Waals surface area contributed by atoms with Gasteiger partial charge in [-0.15, -0.1) is 0 Å². The van der Waals surface area contributed by atoms with E-state index in [0.717, 1.165) is 6.42 Å². The molecule has 66 valence electrons. The first kappa shape index (κ1) is 7.53. The van der Waals surface area contributed by atoms with Crippen LogP contribution >= 0.6 is 0 Å². The van der Waals surface area contributed by atoms with E-state index >= 15 is 0 Å². The number of hydrogen-bond donors (Lipinski definition) is 1. The third-order valence-electron chi connectivity index (χ3n) is 2.10. The molecule has 1 rings (SSSR count). The maximum Gasteiger partial charge on any atom is 0.108 e. The van der Waals surface area contributed by atoms with E-state index in [2.05, 4.69) is 18.7 Å². The van der Waals surface area contributed by atoms with Gasteiger partial charge in [0.15, 0.2) is 0 Å². The molecule has 0 aromatic heterocycles. The Bertz CT molecular complexity index is 140. The summed E-state index contributed by atoms with van der Waals surface area (Å²) >= 11 is 0. The largest absolute Gasteiger partial charge is 0.375 e. The number of hydrogen-bond acceptors (Lipinski definition) is 3. The minimum Gasteiger partial charge on any atom is -0.375 e. The molecule has 0 radical (unpaired) electrons. The smallest absolute Gasteiger partial charge is 0.108 e. The first-order chi connectivity index (χ1) is 5.65. The molecule has 0 unspecified atom stereocenters. The summed E-state index contributed by atoms with van der Waals surface area (Å²) in [6.45, 7) is 3.89. The highest BCUT2D eigenvalue weighted by atomic mass is 17.1. The van der Waals surface area contributed by atoms with Gasteiger partial charge in [0.25, 0.3) is 0 Å². The number of ether oxygens (including phenoxy) is 1. The summed E-state index contributed by atoms with van der Waals surface area (Å²) in [7, 11) is 0.